The molecule has 1 aromatic carbocycles. The predicted molar refractivity (Wildman–Crippen MR) is 85.4 cm³/mol. The van der Waals surface area contributed by atoms with Gasteiger partial charge >= 0.3 is 11.1 Å². The molecular formula is C14H9BrN2O3S. The zero-order chi connectivity index (χ0) is 15.1. The number of hydrogen-bond acceptors (Lipinski definition) is 4. The highest BCUT2D eigenvalue weighted by molar-refractivity contribution is 9.11. The Bertz CT molecular complexity index is 964. The van der Waals surface area contributed by atoms with E-state index in [0.29, 0.717) is 21.5 Å². The minimum absolute atomic E-state index is 0.122. The van der Waals surface area contributed by atoms with Gasteiger partial charge in [0.15, 0.2) is 0 Å². The first-order chi connectivity index (χ1) is 9.95. The fourth-order valence-electron chi connectivity index (χ4n) is 1.97. The van der Waals surface area contributed by atoms with Gasteiger partial charge in [-0.05, 0) is 52.7 Å². The molecule has 2 N–H and O–H groups in total. The third kappa shape index (κ3) is 2.50. The van der Waals surface area contributed by atoms with Gasteiger partial charge in [-0.25, -0.2) is 0 Å². The Kier molecular flexibility index (Phi) is 3.38. The molecule has 106 valence electrons. The number of hydrogen-bond donors (Lipinski definition) is 2. The van der Waals surface area contributed by atoms with Gasteiger partial charge in [-0.3, -0.25) is 14.4 Å². The topological polar surface area (TPSA) is 82.8 Å². The number of nitrogens with one attached hydrogen (secondary N) is 2. The highest BCUT2D eigenvalue weighted by Gasteiger charge is 2.14. The smallest absolute Gasteiger partial charge is 0.314 e. The van der Waals surface area contributed by atoms with Gasteiger partial charge < -0.3 is 9.97 Å². The molecule has 0 aliphatic heterocycles. The highest BCUT2D eigenvalue weighted by atomic mass is 79.9. The molecule has 0 spiro atoms. The summed E-state index contributed by atoms with van der Waals surface area (Å²) in [6.45, 7) is 1.92. The molecule has 0 saturated carbocycles. The number of carbonyl (C=O) groups is 1. The van der Waals surface area contributed by atoms with Gasteiger partial charge in [0.2, 0.25) is 5.78 Å². The van der Waals surface area contributed by atoms with Crippen LogP contribution in [0.5, 0.6) is 0 Å². The first kappa shape index (κ1) is 14.0. The number of aromatic amines is 2. The van der Waals surface area contributed by atoms with Crippen molar-refractivity contribution in [3.63, 3.8) is 0 Å². The van der Waals surface area contributed by atoms with Crippen LogP contribution in [0.4, 0.5) is 0 Å². The van der Waals surface area contributed by atoms with Crippen molar-refractivity contribution in [2.24, 2.45) is 0 Å². The average Bonchev–Trinajstić information content (AvgIpc) is 2.79. The fraction of sp³-hybridized carbons (Fsp3) is 0.0714. The molecule has 21 heavy (non-hydrogen) atoms. The second-order valence-corrected chi connectivity index (χ2v) is 6.94. The lowest BCUT2D eigenvalue weighted by molar-refractivity contribution is 0.104. The largest absolute Gasteiger partial charge is 0.316 e. The molecular weight excluding hydrogens is 356 g/mol. The maximum atomic E-state index is 12.4. The Morgan fingerprint density at radius 1 is 1.10 bits per heavy atom. The summed E-state index contributed by atoms with van der Waals surface area (Å²) in [5.74, 6) is -0.122. The Hall–Kier alpha value is -1.99. The molecule has 0 aliphatic carbocycles. The molecule has 3 aromatic rings. The number of carbonyl (C=O) groups excluding carboxylic acids is 1. The Labute approximate surface area is 130 Å². The van der Waals surface area contributed by atoms with Crippen LogP contribution in [-0.2, 0) is 0 Å². The second-order valence-electron chi connectivity index (χ2n) is 4.57. The normalized spacial score (nSPS) is 11.0. The number of H-pyrrole nitrogens is 2. The summed E-state index contributed by atoms with van der Waals surface area (Å²) in [7, 11) is 0. The molecule has 0 radical (unpaired) electrons. The van der Waals surface area contributed by atoms with Crippen LogP contribution in [-0.4, -0.2) is 15.8 Å². The van der Waals surface area contributed by atoms with Crippen LogP contribution in [0.1, 0.15) is 20.8 Å². The van der Waals surface area contributed by atoms with E-state index in [4.69, 9.17) is 0 Å². The number of aryl methyl sites for hydroxylation is 1. The van der Waals surface area contributed by atoms with Crippen LogP contribution in [0.25, 0.3) is 11.0 Å². The van der Waals surface area contributed by atoms with Gasteiger partial charge in [-0.15, -0.1) is 11.3 Å². The number of aromatic nitrogens is 2. The molecule has 2 heterocycles. The van der Waals surface area contributed by atoms with Crippen LogP contribution >= 0.6 is 27.3 Å². The van der Waals surface area contributed by atoms with Gasteiger partial charge in [0, 0.05) is 5.56 Å². The number of thiophene rings is 1. The van der Waals surface area contributed by atoms with E-state index in [0.717, 1.165) is 9.35 Å². The third-order valence-electron chi connectivity index (χ3n) is 3.07. The molecule has 0 saturated heterocycles. The third-order valence-corrected chi connectivity index (χ3v) is 5.20. The SMILES string of the molecule is Cc1cc(C(=O)c2ccc3[nH]c(=O)c(=O)[nH]c3c2)sc1Br. The fourth-order valence-corrected chi connectivity index (χ4v) is 3.47. The van der Waals surface area contributed by atoms with Crippen molar-refractivity contribution in [3.8, 4) is 0 Å². The molecule has 7 heteroatoms. The van der Waals surface area contributed by atoms with Gasteiger partial charge in [0.25, 0.3) is 0 Å². The summed E-state index contributed by atoms with van der Waals surface area (Å²) in [6.07, 6.45) is 0. The summed E-state index contributed by atoms with van der Waals surface area (Å²) >= 11 is 4.76. The van der Waals surface area contributed by atoms with Crippen molar-refractivity contribution in [1.29, 1.82) is 0 Å². The predicted octanol–water partition coefficient (Wildman–Crippen LogP) is 2.58. The lowest BCUT2D eigenvalue weighted by atomic mass is 10.1. The van der Waals surface area contributed by atoms with E-state index in [1.54, 1.807) is 18.2 Å². The van der Waals surface area contributed by atoms with E-state index in [2.05, 4.69) is 25.9 Å². The van der Waals surface area contributed by atoms with Gasteiger partial charge in [-0.1, -0.05) is 0 Å². The van der Waals surface area contributed by atoms with E-state index in [-0.39, 0.29) is 5.78 Å². The maximum Gasteiger partial charge on any atom is 0.314 e. The zero-order valence-electron chi connectivity index (χ0n) is 10.8. The highest BCUT2D eigenvalue weighted by Crippen LogP contribution is 2.29. The monoisotopic (exact) mass is 364 g/mol. The number of halogens is 1. The van der Waals surface area contributed by atoms with Crippen LogP contribution < -0.4 is 11.1 Å². The minimum Gasteiger partial charge on any atom is -0.316 e. The summed E-state index contributed by atoms with van der Waals surface area (Å²) in [6, 6.07) is 6.62. The van der Waals surface area contributed by atoms with Crippen LogP contribution in [0.2, 0.25) is 0 Å². The van der Waals surface area contributed by atoms with Crippen LogP contribution in [0.3, 0.4) is 0 Å². The average molecular weight is 365 g/mol. The Morgan fingerprint density at radius 3 is 2.38 bits per heavy atom. The molecule has 5 nitrogen and oxygen atoms in total. The van der Waals surface area contributed by atoms with Gasteiger partial charge in [0.1, 0.15) is 0 Å². The number of fused-ring (bicyclic) bond motifs is 1. The van der Waals surface area contributed by atoms with Crippen molar-refractivity contribution in [3.05, 3.63) is 64.8 Å². The Morgan fingerprint density at radius 2 is 1.76 bits per heavy atom. The molecule has 2 aromatic heterocycles. The van der Waals surface area contributed by atoms with Crippen molar-refractivity contribution < 1.29 is 4.79 Å². The zero-order valence-corrected chi connectivity index (χ0v) is 13.2. The molecule has 3 rings (SSSR count). The van der Waals surface area contributed by atoms with Crippen molar-refractivity contribution in [2.45, 2.75) is 6.92 Å². The Balaban J connectivity index is 2.12. The first-order valence-electron chi connectivity index (χ1n) is 6.02. The second kappa shape index (κ2) is 5.09. The number of ketones is 1. The summed E-state index contributed by atoms with van der Waals surface area (Å²) in [5, 5.41) is 0. The van der Waals surface area contributed by atoms with E-state index in [1.165, 1.54) is 11.3 Å². The molecule has 0 unspecified atom stereocenters. The number of rotatable bonds is 2. The quantitative estimate of drug-likeness (QED) is 0.541. The molecule has 0 bridgehead atoms. The van der Waals surface area contributed by atoms with Gasteiger partial charge in [0.05, 0.1) is 19.7 Å². The van der Waals surface area contributed by atoms with E-state index < -0.39 is 11.1 Å². The lowest BCUT2D eigenvalue weighted by Crippen LogP contribution is -2.28. The molecule has 0 fully saturated rings. The standard InChI is InChI=1S/C14H9BrN2O3S/c1-6-4-10(21-12(6)15)11(18)7-2-3-8-9(5-7)17-14(20)13(19)16-8/h2-5H,1H3,(H,16,19)(H,17,20). The summed E-state index contributed by atoms with van der Waals surface area (Å²) < 4.78 is 0.921. The van der Waals surface area contributed by atoms with Crippen LogP contribution in [0.15, 0.2) is 37.6 Å². The van der Waals surface area contributed by atoms with Crippen molar-refractivity contribution in [2.75, 3.05) is 0 Å². The maximum absolute atomic E-state index is 12.4. The van der Waals surface area contributed by atoms with E-state index >= 15 is 0 Å². The summed E-state index contributed by atoms with van der Waals surface area (Å²) in [4.78, 5) is 40.6. The van der Waals surface area contributed by atoms with Crippen LogP contribution in [0, 0.1) is 6.92 Å². The minimum atomic E-state index is -0.734. The van der Waals surface area contributed by atoms with Crippen molar-refractivity contribution in [1.82, 2.24) is 9.97 Å². The summed E-state index contributed by atoms with van der Waals surface area (Å²) in [5.41, 5.74) is 0.930. The molecule has 0 atom stereocenters. The van der Waals surface area contributed by atoms with E-state index in [1.807, 2.05) is 13.0 Å². The molecule has 0 aliphatic rings. The first-order valence-corrected chi connectivity index (χ1v) is 7.63. The molecule has 0 amide bonds. The lowest BCUT2D eigenvalue weighted by Gasteiger charge is -2.01. The van der Waals surface area contributed by atoms with Crippen molar-refractivity contribution >= 4 is 44.1 Å². The van der Waals surface area contributed by atoms with E-state index in [9.17, 15) is 14.4 Å². The van der Waals surface area contributed by atoms with Gasteiger partial charge in [-0.2, -0.15) is 0 Å². The number of benzene rings is 1.